The van der Waals surface area contributed by atoms with Gasteiger partial charge in [-0.15, -0.1) is 0 Å². The van der Waals surface area contributed by atoms with Crippen molar-refractivity contribution in [1.29, 1.82) is 0 Å². The van der Waals surface area contributed by atoms with Crippen molar-refractivity contribution in [3.8, 4) is 5.75 Å². The second kappa shape index (κ2) is 8.84. The van der Waals surface area contributed by atoms with Crippen LogP contribution in [-0.4, -0.2) is 36.2 Å². The highest BCUT2D eigenvalue weighted by Gasteiger charge is 2.09. The molecule has 2 aromatic carbocycles. The van der Waals surface area contributed by atoms with Gasteiger partial charge in [-0.25, -0.2) is 4.79 Å². The highest BCUT2D eigenvalue weighted by Crippen LogP contribution is 2.13. The lowest BCUT2D eigenvalue weighted by atomic mass is 10.1. The predicted octanol–water partition coefficient (Wildman–Crippen LogP) is 2.76. The van der Waals surface area contributed by atoms with Crippen molar-refractivity contribution in [3.05, 3.63) is 59.7 Å². The van der Waals surface area contributed by atoms with Gasteiger partial charge in [0.05, 0.1) is 0 Å². The van der Waals surface area contributed by atoms with Crippen LogP contribution in [0.5, 0.6) is 5.75 Å². The van der Waals surface area contributed by atoms with E-state index in [-0.39, 0.29) is 18.9 Å². The van der Waals surface area contributed by atoms with Gasteiger partial charge < -0.3 is 20.5 Å². The van der Waals surface area contributed by atoms with Crippen LogP contribution in [0.4, 0.5) is 10.5 Å². The molecule has 0 aliphatic heterocycles. The van der Waals surface area contributed by atoms with E-state index in [0.717, 1.165) is 5.56 Å². The highest BCUT2D eigenvalue weighted by atomic mass is 16.5. The minimum Gasteiger partial charge on any atom is -0.491 e. The summed E-state index contributed by atoms with van der Waals surface area (Å²) in [5.41, 5.74) is 2.09. The predicted molar refractivity (Wildman–Crippen MR) is 96.1 cm³/mol. The third-order valence-electron chi connectivity index (χ3n) is 3.46. The molecule has 0 aliphatic rings. The topological polar surface area (TPSA) is 87.7 Å². The van der Waals surface area contributed by atoms with E-state index in [1.807, 2.05) is 31.2 Å². The van der Waals surface area contributed by atoms with E-state index < -0.39 is 12.1 Å². The van der Waals surface area contributed by atoms with E-state index in [0.29, 0.717) is 17.0 Å². The first kappa shape index (κ1) is 18.5. The number of carbonyl (C=O) groups is 2. The van der Waals surface area contributed by atoms with Gasteiger partial charge in [0.1, 0.15) is 18.5 Å². The second-order valence-electron chi connectivity index (χ2n) is 5.75. The Morgan fingerprint density at radius 3 is 2.64 bits per heavy atom. The summed E-state index contributed by atoms with van der Waals surface area (Å²) in [6, 6.07) is 13.7. The molecule has 2 rings (SSSR count). The minimum absolute atomic E-state index is 0.0457. The van der Waals surface area contributed by atoms with Crippen LogP contribution in [-0.2, 0) is 0 Å². The normalized spacial score (nSPS) is 11.5. The van der Waals surface area contributed by atoms with Crippen molar-refractivity contribution in [2.75, 3.05) is 18.5 Å². The van der Waals surface area contributed by atoms with Gasteiger partial charge in [-0.1, -0.05) is 24.3 Å². The molecule has 0 bridgehead atoms. The van der Waals surface area contributed by atoms with E-state index in [2.05, 4.69) is 10.6 Å². The van der Waals surface area contributed by atoms with Crippen LogP contribution in [0.15, 0.2) is 48.5 Å². The number of ether oxygens (including phenoxy) is 1. The lowest BCUT2D eigenvalue weighted by molar-refractivity contribution is 0.101. The number of aliphatic hydroxyl groups is 1. The Morgan fingerprint density at radius 2 is 1.92 bits per heavy atom. The van der Waals surface area contributed by atoms with Gasteiger partial charge in [-0.05, 0) is 43.7 Å². The van der Waals surface area contributed by atoms with Crippen molar-refractivity contribution < 1.29 is 19.4 Å². The molecule has 3 N–H and O–H groups in total. The number of Topliss-reactive ketones (excluding diaryl/α,β-unsaturated/α-hetero) is 1. The summed E-state index contributed by atoms with van der Waals surface area (Å²) in [5, 5.41) is 15.1. The van der Waals surface area contributed by atoms with Gasteiger partial charge in [0.2, 0.25) is 0 Å². The van der Waals surface area contributed by atoms with Crippen molar-refractivity contribution in [2.24, 2.45) is 0 Å². The Hall–Kier alpha value is -2.86. The van der Waals surface area contributed by atoms with Crippen LogP contribution in [0.3, 0.4) is 0 Å². The Kier molecular flexibility index (Phi) is 6.54. The molecule has 1 atom stereocenters. The molecule has 0 unspecified atom stereocenters. The van der Waals surface area contributed by atoms with E-state index >= 15 is 0 Å². The molecule has 0 radical (unpaired) electrons. The maximum Gasteiger partial charge on any atom is 0.319 e. The fraction of sp³-hybridized carbons (Fsp3) is 0.263. The molecule has 0 aliphatic carbocycles. The summed E-state index contributed by atoms with van der Waals surface area (Å²) in [6.45, 7) is 3.54. The third kappa shape index (κ3) is 6.27. The molecule has 2 amide bonds. The first-order chi connectivity index (χ1) is 11.9. The first-order valence-corrected chi connectivity index (χ1v) is 7.97. The molecular formula is C19H22N2O4. The molecule has 6 heteroatoms. The summed E-state index contributed by atoms with van der Waals surface area (Å²) in [4.78, 5) is 23.2. The molecule has 6 nitrogen and oxygen atoms in total. The average Bonchev–Trinajstić information content (AvgIpc) is 2.58. The zero-order valence-corrected chi connectivity index (χ0v) is 14.3. The Labute approximate surface area is 146 Å². The van der Waals surface area contributed by atoms with Gasteiger partial charge in [0.25, 0.3) is 0 Å². The van der Waals surface area contributed by atoms with E-state index in [1.54, 1.807) is 24.3 Å². The Balaban J connectivity index is 1.75. The number of hydrogen-bond acceptors (Lipinski definition) is 4. The van der Waals surface area contributed by atoms with Gasteiger partial charge >= 0.3 is 6.03 Å². The van der Waals surface area contributed by atoms with Crippen LogP contribution in [0.2, 0.25) is 0 Å². The summed E-state index contributed by atoms with van der Waals surface area (Å²) in [6.07, 6.45) is -0.838. The van der Waals surface area contributed by atoms with E-state index in [1.165, 1.54) is 6.92 Å². The number of ketones is 1. The number of aliphatic hydroxyl groups excluding tert-OH is 1. The number of benzene rings is 2. The molecule has 2 aromatic rings. The van der Waals surface area contributed by atoms with Crippen molar-refractivity contribution in [3.63, 3.8) is 0 Å². The number of nitrogens with one attached hydrogen (secondary N) is 2. The quantitative estimate of drug-likeness (QED) is 0.675. The molecule has 0 saturated heterocycles. The smallest absolute Gasteiger partial charge is 0.319 e. The largest absolute Gasteiger partial charge is 0.491 e. The first-order valence-electron chi connectivity index (χ1n) is 7.97. The summed E-state index contributed by atoms with van der Waals surface area (Å²) < 4.78 is 5.48. The maximum absolute atomic E-state index is 11.9. The molecule has 25 heavy (non-hydrogen) atoms. The lowest BCUT2D eigenvalue weighted by Crippen LogP contribution is -2.37. The monoisotopic (exact) mass is 342 g/mol. The Bertz CT molecular complexity index is 746. The molecule has 0 fully saturated rings. The lowest BCUT2D eigenvalue weighted by Gasteiger charge is -2.14. The summed E-state index contributed by atoms with van der Waals surface area (Å²) in [5.74, 6) is 0.595. The SMILES string of the molecule is CC(=O)c1cccc(NC(=O)NC[C@H](O)COc2cccc(C)c2)c1. The maximum atomic E-state index is 11.9. The number of hydrogen-bond donors (Lipinski definition) is 3. The number of amides is 2. The van der Waals surface area contributed by atoms with Crippen LogP contribution in [0.25, 0.3) is 0 Å². The summed E-state index contributed by atoms with van der Waals surface area (Å²) >= 11 is 0. The van der Waals surface area contributed by atoms with Crippen molar-refractivity contribution in [2.45, 2.75) is 20.0 Å². The number of urea groups is 1. The molecular weight excluding hydrogens is 320 g/mol. The third-order valence-corrected chi connectivity index (χ3v) is 3.46. The van der Waals surface area contributed by atoms with E-state index in [4.69, 9.17) is 4.74 Å². The van der Waals surface area contributed by atoms with Crippen LogP contribution >= 0.6 is 0 Å². The number of anilines is 1. The highest BCUT2D eigenvalue weighted by molar-refractivity contribution is 5.96. The summed E-state index contributed by atoms with van der Waals surface area (Å²) in [7, 11) is 0. The molecule has 0 heterocycles. The van der Waals surface area contributed by atoms with Gasteiger partial charge in [-0.3, -0.25) is 4.79 Å². The second-order valence-corrected chi connectivity index (χ2v) is 5.75. The fourth-order valence-electron chi connectivity index (χ4n) is 2.16. The van der Waals surface area contributed by atoms with Crippen LogP contribution in [0, 0.1) is 6.92 Å². The van der Waals surface area contributed by atoms with E-state index in [9.17, 15) is 14.7 Å². The molecule has 0 aromatic heterocycles. The number of rotatable bonds is 7. The van der Waals surface area contributed by atoms with Crippen molar-refractivity contribution >= 4 is 17.5 Å². The Morgan fingerprint density at radius 1 is 1.16 bits per heavy atom. The van der Waals surface area contributed by atoms with Crippen LogP contribution in [0.1, 0.15) is 22.8 Å². The van der Waals surface area contributed by atoms with Gasteiger partial charge in [0, 0.05) is 17.8 Å². The standard InChI is InChI=1S/C19H22N2O4/c1-13-5-3-8-18(9-13)25-12-17(23)11-20-19(24)21-16-7-4-6-15(10-16)14(2)22/h3-10,17,23H,11-12H2,1-2H3,(H2,20,21,24)/t17-/m0/s1. The zero-order chi connectivity index (χ0) is 18.2. The number of carbonyl (C=O) groups excluding carboxylic acids is 2. The average molecular weight is 342 g/mol. The van der Waals surface area contributed by atoms with Crippen LogP contribution < -0.4 is 15.4 Å². The van der Waals surface area contributed by atoms with Gasteiger partial charge in [-0.2, -0.15) is 0 Å². The van der Waals surface area contributed by atoms with Crippen molar-refractivity contribution in [1.82, 2.24) is 5.32 Å². The van der Waals surface area contributed by atoms with Gasteiger partial charge in [0.15, 0.2) is 5.78 Å². The molecule has 0 saturated carbocycles. The minimum atomic E-state index is -0.838. The zero-order valence-electron chi connectivity index (χ0n) is 14.3. The molecule has 0 spiro atoms. The fourth-order valence-corrected chi connectivity index (χ4v) is 2.16. The molecule has 132 valence electrons. The number of aryl methyl sites for hydroxylation is 1.